The van der Waals surface area contributed by atoms with Gasteiger partial charge in [0.15, 0.2) is 0 Å². The molecule has 1 unspecified atom stereocenters. The first-order valence-electron chi connectivity index (χ1n) is 7.09. The van der Waals surface area contributed by atoms with Gasteiger partial charge in [-0.3, -0.25) is 0 Å². The van der Waals surface area contributed by atoms with Crippen molar-refractivity contribution in [2.75, 3.05) is 20.7 Å². The number of hydrogen-bond donors (Lipinski definition) is 1. The summed E-state index contributed by atoms with van der Waals surface area (Å²) in [4.78, 5) is 0. The molecule has 0 saturated heterocycles. The van der Waals surface area contributed by atoms with E-state index in [0.717, 1.165) is 5.56 Å². The number of benzene rings is 1. The zero-order chi connectivity index (χ0) is 16.0. The number of ether oxygens (including phenoxy) is 1. The highest BCUT2D eigenvalue weighted by Gasteiger charge is 2.26. The minimum absolute atomic E-state index is 0.266. The number of nitrogens with one attached hydrogen (secondary N) is 1. The number of rotatable bonds is 8. The normalized spacial score (nSPS) is 13.7. The van der Waals surface area contributed by atoms with Crippen LogP contribution in [-0.2, 0) is 16.6 Å². The van der Waals surface area contributed by atoms with Gasteiger partial charge in [0.2, 0.25) is 10.0 Å². The molecule has 0 aliphatic rings. The van der Waals surface area contributed by atoms with Crippen molar-refractivity contribution in [3.05, 3.63) is 29.8 Å². The van der Waals surface area contributed by atoms with Gasteiger partial charge in [-0.25, -0.2) is 12.7 Å². The fourth-order valence-electron chi connectivity index (χ4n) is 1.98. The maximum absolute atomic E-state index is 12.5. The minimum atomic E-state index is -3.34. The summed E-state index contributed by atoms with van der Waals surface area (Å²) >= 11 is 0. The predicted octanol–water partition coefficient (Wildman–Crippen LogP) is 1.84. The SMILES string of the molecule is COc1ccccc1CN(C)S(=O)(=O)C(C)CNC(C)C. The standard InChI is InChI=1S/C15H26N2O3S/c1-12(2)16-10-13(3)21(18,19)17(4)11-14-8-6-7-9-15(14)20-5/h6-9,12-13,16H,10-11H2,1-5H3. The second-order valence-electron chi connectivity index (χ2n) is 5.49. The molecule has 1 atom stereocenters. The van der Waals surface area contributed by atoms with Gasteiger partial charge < -0.3 is 10.1 Å². The molecule has 1 aromatic carbocycles. The number of hydrogen-bond acceptors (Lipinski definition) is 4. The number of methoxy groups -OCH3 is 1. The summed E-state index contributed by atoms with van der Waals surface area (Å²) in [6.45, 7) is 6.47. The summed E-state index contributed by atoms with van der Waals surface area (Å²) < 4.78 is 31.6. The molecule has 0 heterocycles. The van der Waals surface area contributed by atoms with E-state index in [0.29, 0.717) is 18.8 Å². The highest BCUT2D eigenvalue weighted by Crippen LogP contribution is 2.20. The van der Waals surface area contributed by atoms with Crippen LogP contribution in [0.5, 0.6) is 5.75 Å². The van der Waals surface area contributed by atoms with Crippen LogP contribution in [0.2, 0.25) is 0 Å². The van der Waals surface area contributed by atoms with E-state index in [2.05, 4.69) is 5.32 Å². The Hall–Kier alpha value is -1.11. The third kappa shape index (κ3) is 4.98. The smallest absolute Gasteiger partial charge is 0.218 e. The van der Waals surface area contributed by atoms with Gasteiger partial charge in [-0.1, -0.05) is 32.0 Å². The molecule has 1 rings (SSSR count). The fraction of sp³-hybridized carbons (Fsp3) is 0.600. The van der Waals surface area contributed by atoms with E-state index >= 15 is 0 Å². The van der Waals surface area contributed by atoms with Gasteiger partial charge in [0.25, 0.3) is 0 Å². The van der Waals surface area contributed by atoms with Crippen molar-refractivity contribution in [3.8, 4) is 5.75 Å². The van der Waals surface area contributed by atoms with Crippen LogP contribution in [0.1, 0.15) is 26.3 Å². The van der Waals surface area contributed by atoms with E-state index < -0.39 is 15.3 Å². The monoisotopic (exact) mass is 314 g/mol. The summed E-state index contributed by atoms with van der Waals surface area (Å²) in [6.07, 6.45) is 0. The largest absolute Gasteiger partial charge is 0.496 e. The van der Waals surface area contributed by atoms with Crippen molar-refractivity contribution in [1.29, 1.82) is 0 Å². The van der Waals surface area contributed by atoms with Crippen LogP contribution in [-0.4, -0.2) is 44.7 Å². The maximum Gasteiger partial charge on any atom is 0.218 e. The second kappa shape index (κ2) is 7.77. The first kappa shape index (κ1) is 17.9. The molecule has 0 aromatic heterocycles. The Morgan fingerprint density at radius 2 is 1.86 bits per heavy atom. The van der Waals surface area contributed by atoms with Crippen LogP contribution in [0, 0.1) is 0 Å². The van der Waals surface area contributed by atoms with Crippen LogP contribution in [0.3, 0.4) is 0 Å². The van der Waals surface area contributed by atoms with E-state index in [1.807, 2.05) is 38.1 Å². The molecule has 0 amide bonds. The van der Waals surface area contributed by atoms with E-state index in [9.17, 15) is 8.42 Å². The van der Waals surface area contributed by atoms with Crippen molar-refractivity contribution in [2.24, 2.45) is 0 Å². The average Bonchev–Trinajstić information content (AvgIpc) is 2.44. The van der Waals surface area contributed by atoms with E-state index in [-0.39, 0.29) is 6.04 Å². The summed E-state index contributed by atoms with van der Waals surface area (Å²) in [7, 11) is -0.152. The summed E-state index contributed by atoms with van der Waals surface area (Å²) in [5.41, 5.74) is 0.857. The Morgan fingerprint density at radius 1 is 1.24 bits per heavy atom. The van der Waals surface area contributed by atoms with Gasteiger partial charge in [-0.05, 0) is 13.0 Å². The molecule has 0 spiro atoms. The van der Waals surface area contributed by atoms with Crippen molar-refractivity contribution >= 4 is 10.0 Å². The van der Waals surface area contributed by atoms with E-state index in [4.69, 9.17) is 4.74 Å². The molecule has 0 aliphatic carbocycles. The lowest BCUT2D eigenvalue weighted by Gasteiger charge is -2.23. The quantitative estimate of drug-likeness (QED) is 0.795. The molecule has 1 aromatic rings. The van der Waals surface area contributed by atoms with Gasteiger partial charge in [0.05, 0.1) is 12.4 Å². The molecule has 6 heteroatoms. The summed E-state index contributed by atoms with van der Waals surface area (Å²) in [5.74, 6) is 0.701. The van der Waals surface area contributed by atoms with Gasteiger partial charge >= 0.3 is 0 Å². The lowest BCUT2D eigenvalue weighted by Crippen LogP contribution is -2.41. The van der Waals surface area contributed by atoms with Crippen LogP contribution >= 0.6 is 0 Å². The van der Waals surface area contributed by atoms with Crippen LogP contribution in [0.4, 0.5) is 0 Å². The molecule has 5 nitrogen and oxygen atoms in total. The Labute approximate surface area is 128 Å². The molecule has 0 bridgehead atoms. The molecular weight excluding hydrogens is 288 g/mol. The molecule has 0 fully saturated rings. The van der Waals surface area contributed by atoms with Gasteiger partial charge in [-0.15, -0.1) is 0 Å². The zero-order valence-corrected chi connectivity index (χ0v) is 14.3. The number of sulfonamides is 1. The van der Waals surface area contributed by atoms with Gasteiger partial charge in [0.1, 0.15) is 5.75 Å². The van der Waals surface area contributed by atoms with Crippen molar-refractivity contribution in [3.63, 3.8) is 0 Å². The lowest BCUT2D eigenvalue weighted by molar-refractivity contribution is 0.396. The highest BCUT2D eigenvalue weighted by atomic mass is 32.2. The predicted molar refractivity (Wildman–Crippen MR) is 86.0 cm³/mol. The number of para-hydroxylation sites is 1. The van der Waals surface area contributed by atoms with Crippen molar-refractivity contribution in [2.45, 2.75) is 38.6 Å². The molecular formula is C15H26N2O3S. The highest BCUT2D eigenvalue weighted by molar-refractivity contribution is 7.89. The topological polar surface area (TPSA) is 58.6 Å². The molecule has 120 valence electrons. The first-order valence-corrected chi connectivity index (χ1v) is 8.59. The maximum atomic E-state index is 12.5. The second-order valence-corrected chi connectivity index (χ2v) is 7.94. The molecule has 21 heavy (non-hydrogen) atoms. The lowest BCUT2D eigenvalue weighted by atomic mass is 10.2. The molecule has 0 saturated carbocycles. The summed E-state index contributed by atoms with van der Waals surface area (Å²) in [5, 5.41) is 2.69. The Bertz CT molecular complexity index is 544. The Balaban J connectivity index is 2.79. The van der Waals surface area contributed by atoms with Crippen LogP contribution in [0.25, 0.3) is 0 Å². The van der Waals surface area contributed by atoms with Gasteiger partial charge in [-0.2, -0.15) is 0 Å². The van der Waals surface area contributed by atoms with E-state index in [1.165, 1.54) is 4.31 Å². The average molecular weight is 314 g/mol. The number of nitrogens with zero attached hydrogens (tertiary/aromatic N) is 1. The third-order valence-electron chi connectivity index (χ3n) is 3.34. The fourth-order valence-corrected chi connectivity index (χ4v) is 3.22. The minimum Gasteiger partial charge on any atom is -0.496 e. The molecule has 0 aliphatic heterocycles. The van der Waals surface area contributed by atoms with E-state index in [1.54, 1.807) is 21.1 Å². The van der Waals surface area contributed by atoms with Crippen molar-refractivity contribution in [1.82, 2.24) is 9.62 Å². The summed E-state index contributed by atoms with van der Waals surface area (Å²) in [6, 6.07) is 7.72. The zero-order valence-electron chi connectivity index (χ0n) is 13.5. The van der Waals surface area contributed by atoms with Gasteiger partial charge in [0, 0.05) is 31.7 Å². The molecule has 0 radical (unpaired) electrons. The first-order chi connectivity index (χ1) is 9.78. The van der Waals surface area contributed by atoms with Crippen molar-refractivity contribution < 1.29 is 13.2 Å². The Morgan fingerprint density at radius 3 is 2.43 bits per heavy atom. The Kier molecular flexibility index (Phi) is 6.64. The van der Waals surface area contributed by atoms with Crippen LogP contribution in [0.15, 0.2) is 24.3 Å². The third-order valence-corrected chi connectivity index (χ3v) is 5.52. The molecule has 1 N–H and O–H groups in total. The van der Waals surface area contributed by atoms with Crippen LogP contribution < -0.4 is 10.1 Å².